The second kappa shape index (κ2) is 10.0. The highest BCUT2D eigenvalue weighted by atomic mass is 32.1. The van der Waals surface area contributed by atoms with Gasteiger partial charge in [0.1, 0.15) is 5.01 Å². The molecule has 7 heteroatoms. The average Bonchev–Trinajstić information content (AvgIpc) is 3.19. The number of benzene rings is 2. The van der Waals surface area contributed by atoms with Gasteiger partial charge in [-0.2, -0.15) is 0 Å². The third-order valence-electron chi connectivity index (χ3n) is 4.60. The number of hydrogen-bond donors (Lipinski definition) is 3. The maximum absolute atomic E-state index is 12.3. The van der Waals surface area contributed by atoms with Gasteiger partial charge in [0.25, 0.3) is 5.91 Å². The van der Waals surface area contributed by atoms with Crippen molar-refractivity contribution in [2.24, 2.45) is 0 Å². The van der Waals surface area contributed by atoms with Crippen molar-refractivity contribution < 1.29 is 9.59 Å². The summed E-state index contributed by atoms with van der Waals surface area (Å²) in [6, 6.07) is 13.2. The van der Waals surface area contributed by atoms with Crippen LogP contribution in [0, 0.1) is 13.8 Å². The SMILES string of the molecule is CCNC(=O)c1ccc(C)c(NC(=O)NCCc2csc(-c3ccc(C)cc3)n2)c1. The molecule has 0 saturated carbocycles. The molecule has 3 aromatic rings. The molecule has 0 fully saturated rings. The van der Waals surface area contributed by atoms with Gasteiger partial charge >= 0.3 is 6.03 Å². The lowest BCUT2D eigenvalue weighted by Crippen LogP contribution is -2.31. The molecule has 156 valence electrons. The monoisotopic (exact) mass is 422 g/mol. The van der Waals surface area contributed by atoms with Gasteiger partial charge in [-0.1, -0.05) is 35.9 Å². The standard InChI is InChI=1S/C23H26N4O2S/c1-4-24-21(28)18-10-7-16(3)20(13-18)27-23(29)25-12-11-19-14-30-22(26-19)17-8-5-15(2)6-9-17/h5-10,13-14H,4,11-12H2,1-3H3,(H,24,28)(H2,25,27,29). The van der Waals surface area contributed by atoms with Crippen LogP contribution in [-0.4, -0.2) is 30.0 Å². The first-order valence-electron chi connectivity index (χ1n) is 9.91. The number of nitrogens with one attached hydrogen (secondary N) is 3. The Kier molecular flexibility index (Phi) is 7.19. The largest absolute Gasteiger partial charge is 0.352 e. The zero-order valence-corrected chi connectivity index (χ0v) is 18.2. The Bertz CT molecular complexity index is 1030. The van der Waals surface area contributed by atoms with E-state index < -0.39 is 0 Å². The quantitative estimate of drug-likeness (QED) is 0.523. The van der Waals surface area contributed by atoms with Crippen LogP contribution in [0.3, 0.4) is 0 Å². The van der Waals surface area contributed by atoms with Crippen molar-refractivity contribution in [3.63, 3.8) is 0 Å². The summed E-state index contributed by atoms with van der Waals surface area (Å²) in [5.74, 6) is -0.158. The predicted molar refractivity (Wildman–Crippen MR) is 122 cm³/mol. The molecule has 0 spiro atoms. The van der Waals surface area contributed by atoms with Gasteiger partial charge in [-0.3, -0.25) is 4.79 Å². The first-order valence-corrected chi connectivity index (χ1v) is 10.8. The molecule has 0 aliphatic rings. The van der Waals surface area contributed by atoms with E-state index in [1.807, 2.05) is 25.3 Å². The van der Waals surface area contributed by atoms with Crippen LogP contribution >= 0.6 is 11.3 Å². The van der Waals surface area contributed by atoms with Gasteiger partial charge in [-0.25, -0.2) is 9.78 Å². The van der Waals surface area contributed by atoms with Gasteiger partial charge in [0.2, 0.25) is 0 Å². The minimum Gasteiger partial charge on any atom is -0.352 e. The van der Waals surface area contributed by atoms with E-state index in [1.165, 1.54) is 5.56 Å². The molecule has 0 aliphatic carbocycles. The molecule has 0 radical (unpaired) electrons. The maximum atomic E-state index is 12.3. The van der Waals surface area contributed by atoms with Crippen molar-refractivity contribution >= 4 is 29.0 Å². The molecule has 0 saturated heterocycles. The van der Waals surface area contributed by atoms with Crippen molar-refractivity contribution in [1.29, 1.82) is 0 Å². The van der Waals surface area contributed by atoms with Crippen LogP contribution in [0.2, 0.25) is 0 Å². The molecule has 3 N–H and O–H groups in total. The lowest BCUT2D eigenvalue weighted by molar-refractivity contribution is 0.0956. The second-order valence-electron chi connectivity index (χ2n) is 7.03. The van der Waals surface area contributed by atoms with Crippen molar-refractivity contribution in [2.45, 2.75) is 27.2 Å². The minimum atomic E-state index is -0.305. The molecule has 0 unspecified atom stereocenters. The Morgan fingerprint density at radius 2 is 1.80 bits per heavy atom. The highest BCUT2D eigenvalue weighted by Crippen LogP contribution is 2.24. The van der Waals surface area contributed by atoms with E-state index in [1.54, 1.807) is 23.5 Å². The topological polar surface area (TPSA) is 83.1 Å². The summed E-state index contributed by atoms with van der Waals surface area (Å²) in [7, 11) is 0. The van der Waals surface area contributed by atoms with E-state index in [9.17, 15) is 9.59 Å². The molecule has 0 atom stereocenters. The van der Waals surface area contributed by atoms with Crippen LogP contribution in [0.4, 0.5) is 10.5 Å². The van der Waals surface area contributed by atoms with Gasteiger partial charge in [0.05, 0.1) is 5.69 Å². The molecule has 0 bridgehead atoms. The number of aromatic nitrogens is 1. The third-order valence-corrected chi connectivity index (χ3v) is 5.54. The smallest absolute Gasteiger partial charge is 0.319 e. The van der Waals surface area contributed by atoms with Crippen molar-refractivity contribution in [2.75, 3.05) is 18.4 Å². The molecule has 6 nitrogen and oxygen atoms in total. The molecule has 30 heavy (non-hydrogen) atoms. The molecular weight excluding hydrogens is 396 g/mol. The van der Waals surface area contributed by atoms with Gasteiger partial charge in [-0.05, 0) is 38.5 Å². The average molecular weight is 423 g/mol. The zero-order valence-electron chi connectivity index (χ0n) is 17.4. The minimum absolute atomic E-state index is 0.158. The first-order chi connectivity index (χ1) is 14.5. The fourth-order valence-corrected chi connectivity index (χ4v) is 3.74. The second-order valence-corrected chi connectivity index (χ2v) is 7.89. The lowest BCUT2D eigenvalue weighted by Gasteiger charge is -2.11. The van der Waals surface area contributed by atoms with Crippen LogP contribution in [0.5, 0.6) is 0 Å². The van der Waals surface area contributed by atoms with Crippen LogP contribution in [-0.2, 0) is 6.42 Å². The summed E-state index contributed by atoms with van der Waals surface area (Å²) >= 11 is 1.60. The number of urea groups is 1. The molecule has 3 rings (SSSR count). The highest BCUT2D eigenvalue weighted by molar-refractivity contribution is 7.13. The van der Waals surface area contributed by atoms with E-state index in [4.69, 9.17) is 0 Å². The summed E-state index contributed by atoms with van der Waals surface area (Å²) in [5.41, 5.74) is 5.30. The number of rotatable bonds is 7. The van der Waals surface area contributed by atoms with Crippen LogP contribution < -0.4 is 16.0 Å². The fourth-order valence-electron chi connectivity index (χ4n) is 2.88. The number of aryl methyl sites for hydroxylation is 2. The Labute approximate surface area is 180 Å². The Balaban J connectivity index is 1.52. The van der Waals surface area contributed by atoms with Crippen molar-refractivity contribution in [3.05, 3.63) is 70.2 Å². The summed E-state index contributed by atoms with van der Waals surface area (Å²) in [6.45, 7) is 6.84. The van der Waals surface area contributed by atoms with Crippen LogP contribution in [0.1, 0.15) is 34.1 Å². The maximum Gasteiger partial charge on any atom is 0.319 e. The molecular formula is C23H26N4O2S. The molecule has 1 heterocycles. The fraction of sp³-hybridized carbons (Fsp3) is 0.261. The number of amides is 3. The Hall–Kier alpha value is -3.19. The van der Waals surface area contributed by atoms with Gasteiger partial charge in [-0.15, -0.1) is 11.3 Å². The number of thiazole rings is 1. The number of nitrogens with zero attached hydrogens (tertiary/aromatic N) is 1. The molecule has 2 aromatic carbocycles. The van der Waals surface area contributed by atoms with E-state index in [-0.39, 0.29) is 11.9 Å². The third kappa shape index (κ3) is 5.67. The predicted octanol–water partition coefficient (Wildman–Crippen LogP) is 4.54. The van der Waals surface area contributed by atoms with Gasteiger partial charge < -0.3 is 16.0 Å². The summed E-state index contributed by atoms with van der Waals surface area (Å²) in [6.07, 6.45) is 0.647. The van der Waals surface area contributed by atoms with Crippen molar-refractivity contribution in [1.82, 2.24) is 15.6 Å². The first kappa shape index (κ1) is 21.5. The van der Waals surface area contributed by atoms with Gasteiger partial charge in [0, 0.05) is 41.7 Å². The van der Waals surface area contributed by atoms with Crippen molar-refractivity contribution in [3.8, 4) is 10.6 Å². The van der Waals surface area contributed by atoms with E-state index in [2.05, 4.69) is 52.1 Å². The van der Waals surface area contributed by atoms with Gasteiger partial charge in [0.15, 0.2) is 0 Å². The lowest BCUT2D eigenvalue weighted by atomic mass is 10.1. The normalized spacial score (nSPS) is 10.5. The Morgan fingerprint density at radius 3 is 2.53 bits per heavy atom. The number of carbonyl (C=O) groups is 2. The summed E-state index contributed by atoms with van der Waals surface area (Å²) in [5, 5.41) is 11.4. The zero-order chi connectivity index (χ0) is 21.5. The summed E-state index contributed by atoms with van der Waals surface area (Å²) in [4.78, 5) is 28.9. The number of hydrogen-bond acceptors (Lipinski definition) is 4. The van der Waals surface area contributed by atoms with E-state index in [0.717, 1.165) is 21.8 Å². The molecule has 1 aromatic heterocycles. The summed E-state index contributed by atoms with van der Waals surface area (Å²) < 4.78 is 0. The molecule has 0 aliphatic heterocycles. The van der Waals surface area contributed by atoms with Crippen LogP contribution in [0.15, 0.2) is 47.8 Å². The van der Waals surface area contributed by atoms with E-state index >= 15 is 0 Å². The number of carbonyl (C=O) groups excluding carboxylic acids is 2. The van der Waals surface area contributed by atoms with E-state index in [0.29, 0.717) is 30.8 Å². The molecule has 3 amide bonds. The van der Waals surface area contributed by atoms with Crippen LogP contribution in [0.25, 0.3) is 10.6 Å². The highest BCUT2D eigenvalue weighted by Gasteiger charge is 2.10. The Morgan fingerprint density at radius 1 is 1.03 bits per heavy atom. The number of anilines is 1.